The number of nitrogens with zero attached hydrogens (tertiary/aromatic N) is 2. The van der Waals surface area contributed by atoms with Gasteiger partial charge in [0.2, 0.25) is 0 Å². The van der Waals surface area contributed by atoms with Crippen molar-refractivity contribution in [2.45, 2.75) is 90.1 Å². The molecule has 2 nitrogen and oxygen atoms in total. The first-order valence-electron chi connectivity index (χ1n) is 16.9. The average Bonchev–Trinajstić information content (AvgIpc) is 3.55. The van der Waals surface area contributed by atoms with Crippen molar-refractivity contribution in [2.75, 3.05) is 10.7 Å². The zero-order valence-electron chi connectivity index (χ0n) is 26.0. The standard InChI is InChI=1S/C40H46Br2N2/c41-25-13-5-1-3-7-15-27-43-37-19-11-9-17-33(37)35-23-21-31(29-39(35)43)32-22-24-36-34-18-10-12-20-38(34)44(40(36)30-32)28-16-8-4-2-6-14-26-42/h9-12,17-24,29-30H,1-8,13-16,25-28H2. The second-order valence-corrected chi connectivity index (χ2v) is 14.0. The Bertz CT molecular complexity index is 1680. The van der Waals surface area contributed by atoms with Crippen LogP contribution in [-0.2, 0) is 13.1 Å². The van der Waals surface area contributed by atoms with Crippen molar-refractivity contribution in [1.29, 1.82) is 0 Å². The van der Waals surface area contributed by atoms with Crippen LogP contribution in [-0.4, -0.2) is 19.8 Å². The van der Waals surface area contributed by atoms with Gasteiger partial charge in [0.15, 0.2) is 0 Å². The summed E-state index contributed by atoms with van der Waals surface area (Å²) in [6.45, 7) is 2.16. The van der Waals surface area contributed by atoms with Crippen LogP contribution in [0.2, 0.25) is 0 Å². The number of fused-ring (bicyclic) bond motifs is 6. The summed E-state index contributed by atoms with van der Waals surface area (Å²) >= 11 is 7.13. The molecule has 6 rings (SSSR count). The van der Waals surface area contributed by atoms with Crippen molar-refractivity contribution >= 4 is 75.5 Å². The van der Waals surface area contributed by atoms with Crippen molar-refractivity contribution < 1.29 is 0 Å². The third-order valence-corrected chi connectivity index (χ3v) is 10.5. The summed E-state index contributed by atoms with van der Waals surface area (Å²) in [5.74, 6) is 0. The first-order valence-corrected chi connectivity index (χ1v) is 19.2. The van der Waals surface area contributed by atoms with Gasteiger partial charge in [-0.15, -0.1) is 0 Å². The highest BCUT2D eigenvalue weighted by atomic mass is 79.9. The van der Waals surface area contributed by atoms with Gasteiger partial charge in [-0.05, 0) is 61.1 Å². The molecule has 0 saturated carbocycles. The highest BCUT2D eigenvalue weighted by Gasteiger charge is 2.14. The highest BCUT2D eigenvalue weighted by Crippen LogP contribution is 2.36. The molecule has 0 spiro atoms. The van der Waals surface area contributed by atoms with Crippen LogP contribution in [0.15, 0.2) is 84.9 Å². The van der Waals surface area contributed by atoms with E-state index in [1.54, 1.807) is 0 Å². The molecular weight excluding hydrogens is 668 g/mol. The minimum atomic E-state index is 1.08. The number of rotatable bonds is 17. The van der Waals surface area contributed by atoms with Crippen LogP contribution in [0.4, 0.5) is 0 Å². The largest absolute Gasteiger partial charge is 0.340 e. The molecule has 4 heteroatoms. The van der Waals surface area contributed by atoms with Crippen LogP contribution in [0.3, 0.4) is 0 Å². The molecule has 4 aromatic carbocycles. The number of benzene rings is 4. The van der Waals surface area contributed by atoms with Gasteiger partial charge in [0.1, 0.15) is 0 Å². The molecular formula is C40H46Br2N2. The monoisotopic (exact) mass is 712 g/mol. The van der Waals surface area contributed by atoms with Crippen LogP contribution < -0.4 is 0 Å². The molecule has 0 unspecified atom stereocenters. The number of unbranched alkanes of at least 4 members (excludes halogenated alkanes) is 10. The van der Waals surface area contributed by atoms with Crippen LogP contribution in [0.25, 0.3) is 54.7 Å². The number of hydrogen-bond acceptors (Lipinski definition) is 0. The van der Waals surface area contributed by atoms with Crippen molar-refractivity contribution in [3.8, 4) is 11.1 Å². The second-order valence-electron chi connectivity index (χ2n) is 12.4. The lowest BCUT2D eigenvalue weighted by Gasteiger charge is -2.11. The fourth-order valence-electron chi connectivity index (χ4n) is 7.08. The molecule has 0 fully saturated rings. The number of halogens is 2. The molecule has 2 heterocycles. The lowest BCUT2D eigenvalue weighted by atomic mass is 10.0. The van der Waals surface area contributed by atoms with Gasteiger partial charge in [-0.1, -0.05) is 144 Å². The Labute approximate surface area is 280 Å². The quantitative estimate of drug-likeness (QED) is 0.0658. The first kappa shape index (κ1) is 31.4. The Morgan fingerprint density at radius 3 is 1.16 bits per heavy atom. The van der Waals surface area contributed by atoms with Gasteiger partial charge in [-0.3, -0.25) is 0 Å². The topological polar surface area (TPSA) is 9.86 Å². The van der Waals surface area contributed by atoms with E-state index in [1.807, 2.05) is 0 Å². The van der Waals surface area contributed by atoms with Crippen molar-refractivity contribution in [1.82, 2.24) is 9.13 Å². The van der Waals surface area contributed by atoms with E-state index in [0.717, 1.165) is 23.7 Å². The molecule has 0 aliphatic carbocycles. The molecule has 0 atom stereocenters. The minimum absolute atomic E-state index is 1.08. The van der Waals surface area contributed by atoms with E-state index in [2.05, 4.69) is 126 Å². The Morgan fingerprint density at radius 1 is 0.364 bits per heavy atom. The van der Waals surface area contributed by atoms with E-state index in [4.69, 9.17) is 0 Å². The number of alkyl halides is 2. The summed E-state index contributed by atoms with van der Waals surface area (Å²) in [4.78, 5) is 0. The first-order chi connectivity index (χ1) is 21.8. The zero-order chi connectivity index (χ0) is 30.1. The molecule has 0 bridgehead atoms. The van der Waals surface area contributed by atoms with E-state index in [1.165, 1.54) is 132 Å². The number of aryl methyl sites for hydroxylation is 2. The Morgan fingerprint density at radius 2 is 0.727 bits per heavy atom. The fraction of sp³-hybridized carbons (Fsp3) is 0.400. The number of hydrogen-bond donors (Lipinski definition) is 0. The molecule has 0 aliphatic rings. The van der Waals surface area contributed by atoms with Gasteiger partial charge < -0.3 is 9.13 Å². The van der Waals surface area contributed by atoms with Crippen molar-refractivity contribution in [2.24, 2.45) is 0 Å². The molecule has 0 N–H and O–H groups in total. The van der Waals surface area contributed by atoms with E-state index < -0.39 is 0 Å². The molecule has 0 saturated heterocycles. The van der Waals surface area contributed by atoms with Gasteiger partial charge in [0.05, 0.1) is 0 Å². The van der Waals surface area contributed by atoms with Gasteiger partial charge in [-0.2, -0.15) is 0 Å². The van der Waals surface area contributed by atoms with Gasteiger partial charge in [0.25, 0.3) is 0 Å². The summed E-state index contributed by atoms with van der Waals surface area (Å²) in [6, 6.07) is 32.2. The number of para-hydroxylation sites is 2. The molecule has 0 radical (unpaired) electrons. The maximum absolute atomic E-state index is 3.57. The summed E-state index contributed by atoms with van der Waals surface area (Å²) in [5.41, 5.74) is 8.07. The third kappa shape index (κ3) is 6.97. The summed E-state index contributed by atoms with van der Waals surface area (Å²) < 4.78 is 5.17. The predicted octanol–water partition coefficient (Wildman–Crippen LogP) is 13.0. The van der Waals surface area contributed by atoms with Crippen molar-refractivity contribution in [3.63, 3.8) is 0 Å². The molecule has 2 aromatic heterocycles. The van der Waals surface area contributed by atoms with Crippen LogP contribution >= 0.6 is 31.9 Å². The molecule has 6 aromatic rings. The number of aromatic nitrogens is 2. The van der Waals surface area contributed by atoms with Crippen LogP contribution in [0, 0.1) is 0 Å². The molecule has 0 amide bonds. The Balaban J connectivity index is 1.29. The van der Waals surface area contributed by atoms with Gasteiger partial charge in [-0.25, -0.2) is 0 Å². The third-order valence-electron chi connectivity index (χ3n) is 9.41. The smallest absolute Gasteiger partial charge is 0.0497 e. The Kier molecular flexibility index (Phi) is 11.2. The van der Waals surface area contributed by atoms with Crippen molar-refractivity contribution in [3.05, 3.63) is 84.9 Å². The predicted molar refractivity (Wildman–Crippen MR) is 201 cm³/mol. The summed E-state index contributed by atoms with van der Waals surface area (Å²) in [7, 11) is 0. The fourth-order valence-corrected chi connectivity index (χ4v) is 7.88. The Hall–Kier alpha value is -2.56. The molecule has 0 aliphatic heterocycles. The summed E-state index contributed by atoms with van der Waals surface area (Å²) in [6.07, 6.45) is 15.7. The molecule has 230 valence electrons. The normalized spacial score (nSPS) is 12.0. The lowest BCUT2D eigenvalue weighted by molar-refractivity contribution is 0.572. The van der Waals surface area contributed by atoms with E-state index >= 15 is 0 Å². The van der Waals surface area contributed by atoms with Gasteiger partial charge >= 0.3 is 0 Å². The zero-order valence-corrected chi connectivity index (χ0v) is 29.2. The van der Waals surface area contributed by atoms with E-state index in [-0.39, 0.29) is 0 Å². The van der Waals surface area contributed by atoms with Gasteiger partial charge in [0, 0.05) is 67.4 Å². The van der Waals surface area contributed by atoms with E-state index in [0.29, 0.717) is 0 Å². The second kappa shape index (κ2) is 15.6. The maximum atomic E-state index is 3.57. The van der Waals surface area contributed by atoms with Crippen LogP contribution in [0.1, 0.15) is 77.0 Å². The maximum Gasteiger partial charge on any atom is 0.0497 e. The lowest BCUT2D eigenvalue weighted by Crippen LogP contribution is -1.98. The average molecular weight is 715 g/mol. The minimum Gasteiger partial charge on any atom is -0.340 e. The summed E-state index contributed by atoms with van der Waals surface area (Å²) in [5, 5.41) is 7.73. The highest BCUT2D eigenvalue weighted by molar-refractivity contribution is 9.09. The van der Waals surface area contributed by atoms with Crippen LogP contribution in [0.5, 0.6) is 0 Å². The van der Waals surface area contributed by atoms with E-state index in [9.17, 15) is 0 Å². The molecule has 44 heavy (non-hydrogen) atoms. The SMILES string of the molecule is BrCCCCCCCCn1c2ccccc2c2ccc(-c3ccc4c5ccccc5n(CCCCCCCCBr)c4c3)cc21.